The number of nitrogens with one attached hydrogen (secondary N) is 1. The molecule has 2 unspecified atom stereocenters. The molecule has 2 atom stereocenters. The van der Waals surface area contributed by atoms with Crippen LogP contribution in [0.3, 0.4) is 0 Å². The van der Waals surface area contributed by atoms with E-state index in [4.69, 9.17) is 0 Å². The van der Waals surface area contributed by atoms with Crippen molar-refractivity contribution < 1.29 is 14.7 Å². The maximum absolute atomic E-state index is 12.1. The van der Waals surface area contributed by atoms with Crippen molar-refractivity contribution in [3.8, 4) is 0 Å². The number of likely N-dealkylation sites (tertiary alicyclic amines) is 1. The molecule has 1 heterocycles. The Morgan fingerprint density at radius 3 is 2.65 bits per heavy atom. The Kier molecular flexibility index (Phi) is 6.46. The summed E-state index contributed by atoms with van der Waals surface area (Å²) in [5.41, 5.74) is -0.684. The number of carbonyl (C=O) groups excluding carboxylic acids is 1. The van der Waals surface area contributed by atoms with Gasteiger partial charge in [-0.05, 0) is 39.2 Å². The van der Waals surface area contributed by atoms with Gasteiger partial charge in [0.05, 0.1) is 11.5 Å². The number of carboxylic acids is 1. The zero-order chi connectivity index (χ0) is 15.2. The van der Waals surface area contributed by atoms with Crippen molar-refractivity contribution >= 4 is 11.9 Å². The van der Waals surface area contributed by atoms with E-state index in [0.717, 1.165) is 25.8 Å². The molecule has 0 saturated carbocycles. The zero-order valence-corrected chi connectivity index (χ0v) is 12.9. The monoisotopic (exact) mass is 284 g/mol. The molecular formula is C15H28N2O3. The van der Waals surface area contributed by atoms with Crippen LogP contribution in [0.1, 0.15) is 52.9 Å². The first-order valence-corrected chi connectivity index (χ1v) is 7.72. The standard InChI is InChI=1S/C15H28N2O3/c1-4-6-9-16-13(18)12(3)17-10-7-8-15(5-2,11-17)14(19)20/h12H,4-11H2,1-3H3,(H,16,18)(H,19,20). The Balaban J connectivity index is 2.61. The SMILES string of the molecule is CCCCNC(=O)C(C)N1CCCC(CC)(C(=O)O)C1. The van der Waals surface area contributed by atoms with Gasteiger partial charge in [-0.2, -0.15) is 0 Å². The van der Waals surface area contributed by atoms with Gasteiger partial charge >= 0.3 is 5.97 Å². The van der Waals surface area contributed by atoms with E-state index in [2.05, 4.69) is 12.2 Å². The molecule has 20 heavy (non-hydrogen) atoms. The molecule has 1 aliphatic rings. The number of aliphatic carboxylic acids is 1. The topological polar surface area (TPSA) is 69.6 Å². The molecule has 0 spiro atoms. The summed E-state index contributed by atoms with van der Waals surface area (Å²) in [6.45, 7) is 7.85. The number of piperidine rings is 1. The van der Waals surface area contributed by atoms with E-state index in [1.54, 1.807) is 0 Å². The van der Waals surface area contributed by atoms with E-state index in [0.29, 0.717) is 25.9 Å². The minimum atomic E-state index is -0.733. The number of amides is 1. The van der Waals surface area contributed by atoms with Crippen LogP contribution in [0.5, 0.6) is 0 Å². The maximum Gasteiger partial charge on any atom is 0.310 e. The third-order valence-electron chi connectivity index (χ3n) is 4.49. The number of unbranched alkanes of at least 4 members (excludes halogenated alkanes) is 1. The lowest BCUT2D eigenvalue weighted by Crippen LogP contribution is -2.54. The van der Waals surface area contributed by atoms with Crippen LogP contribution in [0.15, 0.2) is 0 Å². The molecule has 0 aromatic heterocycles. The highest BCUT2D eigenvalue weighted by Crippen LogP contribution is 2.34. The van der Waals surface area contributed by atoms with E-state index >= 15 is 0 Å². The van der Waals surface area contributed by atoms with Crippen LogP contribution in [0.25, 0.3) is 0 Å². The summed E-state index contributed by atoms with van der Waals surface area (Å²) in [5, 5.41) is 12.4. The third kappa shape index (κ3) is 3.95. The van der Waals surface area contributed by atoms with Crippen LogP contribution < -0.4 is 5.32 Å². The molecule has 1 fully saturated rings. The molecule has 0 aromatic rings. The van der Waals surface area contributed by atoms with Crippen molar-refractivity contribution in [2.75, 3.05) is 19.6 Å². The summed E-state index contributed by atoms with van der Waals surface area (Å²) in [4.78, 5) is 25.6. The Hall–Kier alpha value is -1.10. The smallest absolute Gasteiger partial charge is 0.310 e. The predicted octanol–water partition coefficient (Wildman–Crippen LogP) is 1.87. The van der Waals surface area contributed by atoms with Gasteiger partial charge in [-0.3, -0.25) is 14.5 Å². The van der Waals surface area contributed by atoms with Gasteiger partial charge in [-0.1, -0.05) is 20.3 Å². The molecule has 0 bridgehead atoms. The van der Waals surface area contributed by atoms with Gasteiger partial charge in [0.15, 0.2) is 0 Å². The van der Waals surface area contributed by atoms with Crippen LogP contribution in [-0.4, -0.2) is 47.6 Å². The molecule has 116 valence electrons. The summed E-state index contributed by atoms with van der Waals surface area (Å²) in [5.74, 6) is -0.723. The summed E-state index contributed by atoms with van der Waals surface area (Å²) in [6, 6.07) is -0.252. The van der Waals surface area contributed by atoms with Gasteiger partial charge < -0.3 is 10.4 Å². The number of hydrogen-bond acceptors (Lipinski definition) is 3. The van der Waals surface area contributed by atoms with Gasteiger partial charge in [0.2, 0.25) is 5.91 Å². The molecule has 2 N–H and O–H groups in total. The van der Waals surface area contributed by atoms with Crippen molar-refractivity contribution in [3.05, 3.63) is 0 Å². The zero-order valence-electron chi connectivity index (χ0n) is 12.9. The number of rotatable bonds is 7. The highest BCUT2D eigenvalue weighted by atomic mass is 16.4. The molecule has 0 radical (unpaired) electrons. The Morgan fingerprint density at radius 1 is 1.40 bits per heavy atom. The second kappa shape index (κ2) is 7.62. The van der Waals surface area contributed by atoms with Gasteiger partial charge in [0.25, 0.3) is 0 Å². The Bertz CT molecular complexity index is 346. The Labute approximate surface area is 121 Å². The lowest BCUT2D eigenvalue weighted by Gasteiger charge is -2.41. The first-order chi connectivity index (χ1) is 9.46. The largest absolute Gasteiger partial charge is 0.481 e. The summed E-state index contributed by atoms with van der Waals surface area (Å²) >= 11 is 0. The number of carboxylic acid groups (broad SMARTS) is 1. The molecule has 0 aromatic carbocycles. The summed E-state index contributed by atoms with van der Waals surface area (Å²) < 4.78 is 0. The van der Waals surface area contributed by atoms with Crippen LogP contribution in [0.2, 0.25) is 0 Å². The van der Waals surface area contributed by atoms with Crippen molar-refractivity contribution in [1.29, 1.82) is 0 Å². The molecule has 5 heteroatoms. The number of carbonyl (C=O) groups is 2. The molecule has 1 rings (SSSR count). The number of hydrogen-bond donors (Lipinski definition) is 2. The summed E-state index contributed by atoms with van der Waals surface area (Å²) in [6.07, 6.45) is 4.19. The fourth-order valence-electron chi connectivity index (χ4n) is 2.81. The van der Waals surface area contributed by atoms with E-state index in [-0.39, 0.29) is 11.9 Å². The van der Waals surface area contributed by atoms with Crippen LogP contribution >= 0.6 is 0 Å². The lowest BCUT2D eigenvalue weighted by atomic mass is 9.77. The highest BCUT2D eigenvalue weighted by molar-refractivity contribution is 5.81. The van der Waals surface area contributed by atoms with Crippen LogP contribution in [-0.2, 0) is 9.59 Å². The lowest BCUT2D eigenvalue weighted by molar-refractivity contribution is -0.154. The van der Waals surface area contributed by atoms with E-state index < -0.39 is 11.4 Å². The molecule has 1 amide bonds. The minimum absolute atomic E-state index is 0.00995. The fourth-order valence-corrected chi connectivity index (χ4v) is 2.81. The quantitative estimate of drug-likeness (QED) is 0.700. The molecule has 0 aliphatic carbocycles. The molecule has 1 aliphatic heterocycles. The van der Waals surface area contributed by atoms with Gasteiger partial charge in [-0.15, -0.1) is 0 Å². The van der Waals surface area contributed by atoms with Gasteiger partial charge in [0.1, 0.15) is 0 Å². The van der Waals surface area contributed by atoms with E-state index in [1.807, 2.05) is 18.7 Å². The fraction of sp³-hybridized carbons (Fsp3) is 0.867. The normalized spacial score (nSPS) is 25.1. The minimum Gasteiger partial charge on any atom is -0.481 e. The second-order valence-corrected chi connectivity index (χ2v) is 5.83. The van der Waals surface area contributed by atoms with Crippen LogP contribution in [0, 0.1) is 5.41 Å². The first-order valence-electron chi connectivity index (χ1n) is 7.72. The first kappa shape index (κ1) is 17.0. The molecule has 1 saturated heterocycles. The number of nitrogens with zero attached hydrogens (tertiary/aromatic N) is 1. The Morgan fingerprint density at radius 2 is 2.10 bits per heavy atom. The highest BCUT2D eigenvalue weighted by Gasteiger charge is 2.42. The van der Waals surface area contributed by atoms with E-state index in [1.165, 1.54) is 0 Å². The average molecular weight is 284 g/mol. The molecule has 5 nitrogen and oxygen atoms in total. The van der Waals surface area contributed by atoms with Crippen LogP contribution in [0.4, 0.5) is 0 Å². The van der Waals surface area contributed by atoms with Gasteiger partial charge in [0, 0.05) is 13.1 Å². The van der Waals surface area contributed by atoms with E-state index in [9.17, 15) is 14.7 Å². The third-order valence-corrected chi connectivity index (χ3v) is 4.49. The van der Waals surface area contributed by atoms with Crippen molar-refractivity contribution in [2.45, 2.75) is 58.9 Å². The summed E-state index contributed by atoms with van der Waals surface area (Å²) in [7, 11) is 0. The average Bonchev–Trinajstić information content (AvgIpc) is 2.46. The van der Waals surface area contributed by atoms with Crippen molar-refractivity contribution in [2.24, 2.45) is 5.41 Å². The molecular weight excluding hydrogens is 256 g/mol. The van der Waals surface area contributed by atoms with Crippen molar-refractivity contribution in [3.63, 3.8) is 0 Å². The van der Waals surface area contributed by atoms with Crippen molar-refractivity contribution in [1.82, 2.24) is 10.2 Å². The predicted molar refractivity (Wildman–Crippen MR) is 78.5 cm³/mol. The second-order valence-electron chi connectivity index (χ2n) is 5.83. The maximum atomic E-state index is 12.1. The van der Waals surface area contributed by atoms with Gasteiger partial charge in [-0.25, -0.2) is 0 Å².